The summed E-state index contributed by atoms with van der Waals surface area (Å²) in [6, 6.07) is 25.8. The summed E-state index contributed by atoms with van der Waals surface area (Å²) in [7, 11) is 1.65. The number of aliphatic hydroxyl groups is 1. The van der Waals surface area contributed by atoms with Crippen LogP contribution in [0.5, 0.6) is 5.75 Å². The van der Waals surface area contributed by atoms with E-state index in [-0.39, 0.29) is 5.92 Å². The van der Waals surface area contributed by atoms with Crippen molar-refractivity contribution in [2.75, 3.05) is 40.0 Å². The van der Waals surface area contributed by atoms with Crippen LogP contribution in [0.15, 0.2) is 78.9 Å². The normalized spacial score (nSPS) is 17.5. The monoisotopic (exact) mass is 451 g/mol. The van der Waals surface area contributed by atoms with Crippen molar-refractivity contribution < 1.29 is 14.6 Å². The third-order valence-corrected chi connectivity index (χ3v) is 6.55. The van der Waals surface area contributed by atoms with Crippen LogP contribution in [-0.2, 0) is 16.8 Å². The van der Waals surface area contributed by atoms with Gasteiger partial charge in [-0.2, -0.15) is 0 Å². The van der Waals surface area contributed by atoms with Gasteiger partial charge in [-0.05, 0) is 41.0 Å². The Balaban J connectivity index is 1.79. The highest BCUT2D eigenvalue weighted by molar-refractivity contribution is 6.30. The number of methoxy groups -OCH3 is 1. The van der Waals surface area contributed by atoms with E-state index in [1.54, 1.807) is 7.11 Å². The van der Waals surface area contributed by atoms with Gasteiger partial charge >= 0.3 is 0 Å². The number of benzene rings is 3. The van der Waals surface area contributed by atoms with E-state index in [1.807, 2.05) is 66.7 Å². The Labute approximate surface area is 195 Å². The maximum atomic E-state index is 12.5. The predicted octanol–water partition coefficient (Wildman–Crippen LogP) is 4.89. The van der Waals surface area contributed by atoms with Crippen LogP contribution in [0.4, 0.5) is 0 Å². The summed E-state index contributed by atoms with van der Waals surface area (Å²) in [5.74, 6) is 0.610. The van der Waals surface area contributed by atoms with E-state index < -0.39 is 5.60 Å². The molecule has 1 fully saturated rings. The summed E-state index contributed by atoms with van der Waals surface area (Å²) in [4.78, 5) is 2.38. The molecule has 0 spiro atoms. The second kappa shape index (κ2) is 10.5. The fourth-order valence-corrected chi connectivity index (χ4v) is 4.61. The zero-order valence-corrected chi connectivity index (χ0v) is 19.2. The Morgan fingerprint density at radius 3 is 2.25 bits per heavy atom. The molecule has 1 aliphatic heterocycles. The van der Waals surface area contributed by atoms with Gasteiger partial charge in [0.15, 0.2) is 0 Å². The van der Waals surface area contributed by atoms with Crippen LogP contribution in [0.1, 0.15) is 22.6 Å². The van der Waals surface area contributed by atoms with E-state index in [0.29, 0.717) is 24.7 Å². The van der Waals surface area contributed by atoms with Crippen LogP contribution in [0, 0.1) is 0 Å². The Kier molecular flexibility index (Phi) is 7.48. The zero-order valence-electron chi connectivity index (χ0n) is 18.4. The van der Waals surface area contributed by atoms with Crippen molar-refractivity contribution >= 4 is 11.6 Å². The average Bonchev–Trinajstić information content (AvgIpc) is 2.84. The number of hydrogen-bond acceptors (Lipinski definition) is 4. The first kappa shape index (κ1) is 22.8. The van der Waals surface area contributed by atoms with E-state index >= 15 is 0 Å². The summed E-state index contributed by atoms with van der Waals surface area (Å²) in [6.45, 7) is 3.86. The minimum Gasteiger partial charge on any atom is -0.497 e. The first-order valence-corrected chi connectivity index (χ1v) is 11.4. The minimum atomic E-state index is -1.13. The van der Waals surface area contributed by atoms with E-state index in [1.165, 1.54) is 0 Å². The van der Waals surface area contributed by atoms with E-state index in [9.17, 15) is 5.11 Å². The lowest BCUT2D eigenvalue weighted by atomic mass is 9.73. The van der Waals surface area contributed by atoms with Crippen LogP contribution in [-0.4, -0.2) is 50.0 Å². The molecule has 0 aromatic heterocycles. The SMILES string of the molecule is COc1ccc([C@](O)(Cc2ccccc2)[C@H](CN2CCOCC2)c2ccc(Cl)cc2)cc1. The largest absolute Gasteiger partial charge is 0.497 e. The summed E-state index contributed by atoms with van der Waals surface area (Å²) in [6.07, 6.45) is 0.498. The van der Waals surface area contributed by atoms with Crippen molar-refractivity contribution in [3.8, 4) is 5.75 Å². The van der Waals surface area contributed by atoms with Crippen molar-refractivity contribution in [3.05, 3.63) is 101 Å². The summed E-state index contributed by atoms with van der Waals surface area (Å²) < 4.78 is 10.9. The molecule has 0 amide bonds. The Bertz CT molecular complexity index is 972. The Morgan fingerprint density at radius 1 is 0.969 bits per heavy atom. The number of rotatable bonds is 8. The lowest BCUT2D eigenvalue weighted by Crippen LogP contribution is -2.45. The van der Waals surface area contributed by atoms with E-state index in [4.69, 9.17) is 21.1 Å². The van der Waals surface area contributed by atoms with Gasteiger partial charge in [0.2, 0.25) is 0 Å². The summed E-state index contributed by atoms with van der Waals surface area (Å²) in [5, 5.41) is 13.2. The van der Waals surface area contributed by atoms with Crippen LogP contribution in [0.3, 0.4) is 0 Å². The van der Waals surface area contributed by atoms with Crippen molar-refractivity contribution in [1.29, 1.82) is 0 Å². The first-order chi connectivity index (χ1) is 15.6. The fraction of sp³-hybridized carbons (Fsp3) is 0.333. The predicted molar refractivity (Wildman–Crippen MR) is 128 cm³/mol. The zero-order chi connectivity index (χ0) is 22.4. The van der Waals surface area contributed by atoms with Crippen molar-refractivity contribution in [1.82, 2.24) is 4.90 Å². The molecular weight excluding hydrogens is 422 g/mol. The molecule has 0 unspecified atom stereocenters. The summed E-state index contributed by atoms with van der Waals surface area (Å²) >= 11 is 6.20. The number of ether oxygens (including phenoxy) is 2. The molecule has 3 aromatic carbocycles. The third kappa shape index (κ3) is 5.33. The van der Waals surface area contributed by atoms with Crippen LogP contribution >= 0.6 is 11.6 Å². The average molecular weight is 452 g/mol. The fourth-order valence-electron chi connectivity index (χ4n) is 4.48. The number of hydrogen-bond donors (Lipinski definition) is 1. The lowest BCUT2D eigenvalue weighted by Gasteiger charge is -2.41. The molecule has 32 heavy (non-hydrogen) atoms. The number of halogens is 1. The van der Waals surface area contributed by atoms with Crippen molar-refractivity contribution in [2.45, 2.75) is 17.9 Å². The van der Waals surface area contributed by atoms with Crippen LogP contribution in [0.2, 0.25) is 5.02 Å². The Morgan fingerprint density at radius 2 is 1.62 bits per heavy atom. The molecule has 3 aromatic rings. The van der Waals surface area contributed by atoms with Gasteiger partial charge in [0, 0.05) is 37.0 Å². The van der Waals surface area contributed by atoms with E-state index in [0.717, 1.165) is 42.1 Å². The smallest absolute Gasteiger partial charge is 0.118 e. The second-order valence-electron chi connectivity index (χ2n) is 8.33. The van der Waals surface area contributed by atoms with Gasteiger partial charge in [0.05, 0.1) is 20.3 Å². The molecule has 0 saturated carbocycles. The van der Waals surface area contributed by atoms with Gasteiger partial charge < -0.3 is 14.6 Å². The highest BCUT2D eigenvalue weighted by Crippen LogP contribution is 2.41. The molecule has 168 valence electrons. The van der Waals surface area contributed by atoms with Crippen molar-refractivity contribution in [3.63, 3.8) is 0 Å². The minimum absolute atomic E-state index is 0.161. The first-order valence-electron chi connectivity index (χ1n) is 11.0. The molecule has 0 bridgehead atoms. The quantitative estimate of drug-likeness (QED) is 0.529. The number of nitrogens with zero attached hydrogens (tertiary/aromatic N) is 1. The Hall–Kier alpha value is -2.37. The highest BCUT2D eigenvalue weighted by Gasteiger charge is 2.40. The standard InChI is InChI=1S/C27H30ClNO3/c1-31-25-13-9-23(10-14-25)27(30,19-21-5-3-2-4-6-21)26(20-29-15-17-32-18-16-29)22-7-11-24(28)12-8-22/h2-14,26,30H,15-20H2,1H3/t26-,27-/m1/s1. The van der Waals surface area contributed by atoms with Gasteiger partial charge in [-0.25, -0.2) is 0 Å². The maximum absolute atomic E-state index is 12.5. The lowest BCUT2D eigenvalue weighted by molar-refractivity contribution is -0.0223. The third-order valence-electron chi connectivity index (χ3n) is 6.30. The topological polar surface area (TPSA) is 41.9 Å². The van der Waals surface area contributed by atoms with Gasteiger partial charge in [-0.3, -0.25) is 4.90 Å². The molecule has 1 heterocycles. The molecule has 1 saturated heterocycles. The maximum Gasteiger partial charge on any atom is 0.118 e. The van der Waals surface area contributed by atoms with Gasteiger partial charge in [0.25, 0.3) is 0 Å². The molecule has 4 nitrogen and oxygen atoms in total. The van der Waals surface area contributed by atoms with Gasteiger partial charge in [0.1, 0.15) is 11.4 Å². The van der Waals surface area contributed by atoms with Crippen LogP contribution in [0.25, 0.3) is 0 Å². The second-order valence-corrected chi connectivity index (χ2v) is 8.77. The van der Waals surface area contributed by atoms with Crippen LogP contribution < -0.4 is 4.74 Å². The number of morpholine rings is 1. The molecule has 0 aliphatic carbocycles. The molecule has 2 atom stereocenters. The van der Waals surface area contributed by atoms with E-state index in [2.05, 4.69) is 17.0 Å². The molecule has 1 N–H and O–H groups in total. The van der Waals surface area contributed by atoms with Gasteiger partial charge in [-0.1, -0.05) is 66.2 Å². The summed E-state index contributed by atoms with van der Waals surface area (Å²) in [5.41, 5.74) is 1.90. The molecule has 4 rings (SSSR count). The van der Waals surface area contributed by atoms with Gasteiger partial charge in [-0.15, -0.1) is 0 Å². The van der Waals surface area contributed by atoms with Crippen molar-refractivity contribution in [2.24, 2.45) is 0 Å². The molecular formula is C27H30ClNO3. The molecule has 1 aliphatic rings. The molecule has 0 radical (unpaired) electrons. The molecule has 5 heteroatoms. The highest BCUT2D eigenvalue weighted by atomic mass is 35.5.